The molecule has 0 N–H and O–H groups in total. The van der Waals surface area contributed by atoms with Gasteiger partial charge in [0.05, 0.1) is 11.4 Å². The van der Waals surface area contributed by atoms with Crippen molar-refractivity contribution >= 4 is 0 Å². The maximum absolute atomic E-state index is 7.34. The fourth-order valence-electron chi connectivity index (χ4n) is 10.2. The minimum absolute atomic E-state index is 0.00934. The average molecular weight is 495 g/mol. The van der Waals surface area contributed by atoms with Crippen LogP contribution in [0.1, 0.15) is 124 Å². The molecule has 7 aliphatic carbocycles. The molecule has 2 nitrogen and oxygen atoms in total. The van der Waals surface area contributed by atoms with Crippen molar-refractivity contribution in [3.8, 4) is 0 Å². The molecule has 0 radical (unpaired) electrons. The third-order valence-corrected chi connectivity index (χ3v) is 11.6. The molecule has 36 heavy (non-hydrogen) atoms. The molecule has 0 aliphatic heterocycles. The van der Waals surface area contributed by atoms with Gasteiger partial charge in [-0.2, -0.15) is 0 Å². The lowest BCUT2D eigenvalue weighted by Crippen LogP contribution is -2.47. The van der Waals surface area contributed by atoms with Crippen LogP contribution in [0.4, 0.5) is 0 Å². The van der Waals surface area contributed by atoms with E-state index in [9.17, 15) is 0 Å². The molecule has 7 aliphatic rings. The molecule has 0 aromatic heterocycles. The molecule has 0 aromatic rings. The Labute approximate surface area is 222 Å². The molecule has 0 aromatic carbocycles. The van der Waals surface area contributed by atoms with Crippen molar-refractivity contribution in [2.24, 2.45) is 53.3 Å². The normalized spacial score (nSPS) is 41.3. The van der Waals surface area contributed by atoms with E-state index in [-0.39, 0.29) is 11.9 Å². The average Bonchev–Trinajstić information content (AvgIpc) is 3.27. The number of allylic oxidation sites excluding steroid dienone is 4. The first-order chi connectivity index (χ1) is 17.4. The fourth-order valence-corrected chi connectivity index (χ4v) is 10.2. The Morgan fingerprint density at radius 1 is 0.833 bits per heavy atom. The van der Waals surface area contributed by atoms with Gasteiger partial charge in [0, 0.05) is 12.3 Å². The highest BCUT2D eigenvalue weighted by Crippen LogP contribution is 2.62. The predicted octanol–water partition coefficient (Wildman–Crippen LogP) is 9.45. The van der Waals surface area contributed by atoms with Gasteiger partial charge in [0.25, 0.3) is 0 Å². The molecule has 0 saturated heterocycles. The smallest absolute Gasteiger partial charge is 0.203 e. The standard InChI is InChI=1S/C34H54O2/c1-22(2)16-32(23(3)4)26-12-14-29(15-13-26)35-33(31-11-7-9-25-8-5-6-10-30(25)31)36-34-19-24-17-27(20-34)28(18-24)21-34/h12,14,22-25,27-28,30-33H,5-11,13,15-21H2,1-4H3. The van der Waals surface area contributed by atoms with Crippen LogP contribution in [0.3, 0.4) is 0 Å². The Morgan fingerprint density at radius 3 is 2.25 bits per heavy atom. The second-order valence-electron chi connectivity index (χ2n) is 14.9. The van der Waals surface area contributed by atoms with Crippen molar-refractivity contribution in [1.29, 1.82) is 0 Å². The summed E-state index contributed by atoms with van der Waals surface area (Å²) in [6.45, 7) is 9.55. The lowest BCUT2D eigenvalue weighted by atomic mass is 9.65. The van der Waals surface area contributed by atoms with Crippen LogP contribution in [0, 0.1) is 53.3 Å². The highest BCUT2D eigenvalue weighted by atomic mass is 16.7. The molecule has 2 heteroatoms. The van der Waals surface area contributed by atoms with Gasteiger partial charge >= 0.3 is 0 Å². The van der Waals surface area contributed by atoms with Gasteiger partial charge in [0.1, 0.15) is 0 Å². The molecule has 7 unspecified atom stereocenters. The lowest BCUT2D eigenvalue weighted by Gasteiger charge is -2.48. The maximum Gasteiger partial charge on any atom is 0.203 e. The first kappa shape index (κ1) is 25.5. The number of fused-ring (bicyclic) bond motifs is 1. The van der Waals surface area contributed by atoms with Crippen LogP contribution in [0.15, 0.2) is 23.5 Å². The van der Waals surface area contributed by atoms with Crippen LogP contribution >= 0.6 is 0 Å². The van der Waals surface area contributed by atoms with Gasteiger partial charge in [-0.1, -0.05) is 71.4 Å². The Bertz CT molecular complexity index is 815. The van der Waals surface area contributed by atoms with E-state index < -0.39 is 0 Å². The molecule has 202 valence electrons. The monoisotopic (exact) mass is 494 g/mol. The van der Waals surface area contributed by atoms with E-state index >= 15 is 0 Å². The second-order valence-corrected chi connectivity index (χ2v) is 14.9. The SMILES string of the molecule is CC(C)CC(C1=CC=C(OC(OC23CC4CC(C2)C(C4)C3)C2CCCC3CCCCC32)CC1)C(C)C. The molecule has 7 rings (SSSR count). The number of hydrogen-bond acceptors (Lipinski definition) is 2. The van der Waals surface area contributed by atoms with Crippen LogP contribution < -0.4 is 0 Å². The first-order valence-electron chi connectivity index (χ1n) is 16.1. The number of rotatable bonds is 9. The molecule has 6 fully saturated rings. The summed E-state index contributed by atoms with van der Waals surface area (Å²) in [7, 11) is 0. The summed E-state index contributed by atoms with van der Waals surface area (Å²) in [6.07, 6.45) is 25.1. The summed E-state index contributed by atoms with van der Waals surface area (Å²) in [6, 6.07) is 0. The summed E-state index contributed by atoms with van der Waals surface area (Å²) in [5.74, 6) is 8.58. The summed E-state index contributed by atoms with van der Waals surface area (Å²) in [4.78, 5) is 0. The molecular weight excluding hydrogens is 440 g/mol. The van der Waals surface area contributed by atoms with Gasteiger partial charge in [-0.25, -0.2) is 0 Å². The number of hydrogen-bond donors (Lipinski definition) is 0. The van der Waals surface area contributed by atoms with Gasteiger partial charge in [0.15, 0.2) is 0 Å². The lowest BCUT2D eigenvalue weighted by molar-refractivity contribution is -0.245. The molecular formula is C34H54O2. The van der Waals surface area contributed by atoms with Crippen LogP contribution in [-0.4, -0.2) is 11.9 Å². The zero-order valence-electron chi connectivity index (χ0n) is 23.9. The zero-order valence-corrected chi connectivity index (χ0v) is 23.9. The summed E-state index contributed by atoms with van der Waals surface area (Å²) in [5, 5.41) is 0. The van der Waals surface area contributed by atoms with Crippen molar-refractivity contribution in [1.82, 2.24) is 0 Å². The third-order valence-electron chi connectivity index (χ3n) is 11.6. The highest BCUT2D eigenvalue weighted by molar-refractivity contribution is 5.23. The van der Waals surface area contributed by atoms with Crippen molar-refractivity contribution in [3.63, 3.8) is 0 Å². The van der Waals surface area contributed by atoms with E-state index in [1.54, 1.807) is 5.57 Å². The Hall–Kier alpha value is -0.760. The van der Waals surface area contributed by atoms with E-state index in [0.29, 0.717) is 17.8 Å². The first-order valence-corrected chi connectivity index (χ1v) is 16.1. The summed E-state index contributed by atoms with van der Waals surface area (Å²) in [5.41, 5.74) is 1.79. The quantitative estimate of drug-likeness (QED) is 0.297. The maximum atomic E-state index is 7.34. The second kappa shape index (κ2) is 10.4. The summed E-state index contributed by atoms with van der Waals surface area (Å²) < 4.78 is 14.4. The Balaban J connectivity index is 1.22. The molecule has 0 amide bonds. The Kier molecular flexibility index (Phi) is 7.39. The van der Waals surface area contributed by atoms with Crippen molar-refractivity contribution < 1.29 is 9.47 Å². The molecule has 0 spiro atoms. The molecule has 7 atom stereocenters. The van der Waals surface area contributed by atoms with E-state index in [0.717, 1.165) is 41.9 Å². The zero-order chi connectivity index (χ0) is 24.9. The highest BCUT2D eigenvalue weighted by Gasteiger charge is 2.58. The minimum Gasteiger partial charge on any atom is -0.469 e. The van der Waals surface area contributed by atoms with Gasteiger partial charge in [0.2, 0.25) is 6.29 Å². The van der Waals surface area contributed by atoms with Crippen LogP contribution in [0.2, 0.25) is 0 Å². The molecule has 0 heterocycles. The van der Waals surface area contributed by atoms with Crippen LogP contribution in [0.25, 0.3) is 0 Å². The topological polar surface area (TPSA) is 18.5 Å². The predicted molar refractivity (Wildman–Crippen MR) is 148 cm³/mol. The third kappa shape index (κ3) is 5.11. The number of ether oxygens (including phenoxy) is 2. The minimum atomic E-state index is -0.00934. The van der Waals surface area contributed by atoms with E-state index in [4.69, 9.17) is 9.47 Å². The van der Waals surface area contributed by atoms with E-state index in [2.05, 4.69) is 39.8 Å². The fraction of sp³-hybridized carbons (Fsp3) is 0.882. The van der Waals surface area contributed by atoms with E-state index in [1.807, 2.05) is 0 Å². The van der Waals surface area contributed by atoms with Gasteiger partial charge in [-0.3, -0.25) is 0 Å². The van der Waals surface area contributed by atoms with Crippen molar-refractivity contribution in [2.45, 2.75) is 136 Å². The van der Waals surface area contributed by atoms with Crippen molar-refractivity contribution in [2.75, 3.05) is 0 Å². The largest absolute Gasteiger partial charge is 0.469 e. The van der Waals surface area contributed by atoms with Gasteiger partial charge in [-0.05, 0) is 111 Å². The van der Waals surface area contributed by atoms with Gasteiger partial charge < -0.3 is 9.47 Å². The van der Waals surface area contributed by atoms with Crippen LogP contribution in [0.5, 0.6) is 0 Å². The Morgan fingerprint density at radius 2 is 1.58 bits per heavy atom. The van der Waals surface area contributed by atoms with E-state index in [1.165, 1.54) is 95.7 Å². The molecule has 6 saturated carbocycles. The summed E-state index contributed by atoms with van der Waals surface area (Å²) >= 11 is 0. The molecule has 4 bridgehead atoms. The van der Waals surface area contributed by atoms with Crippen LogP contribution in [-0.2, 0) is 9.47 Å². The van der Waals surface area contributed by atoms with Gasteiger partial charge in [-0.15, -0.1) is 0 Å². The van der Waals surface area contributed by atoms with Crippen molar-refractivity contribution in [3.05, 3.63) is 23.5 Å².